The highest BCUT2D eigenvalue weighted by atomic mass is 16.5. The lowest BCUT2D eigenvalue weighted by Gasteiger charge is -2.14. The van der Waals surface area contributed by atoms with E-state index in [0.717, 1.165) is 6.26 Å². The summed E-state index contributed by atoms with van der Waals surface area (Å²) in [5.74, 6) is 0.240. The van der Waals surface area contributed by atoms with Gasteiger partial charge in [0.1, 0.15) is 6.26 Å². The van der Waals surface area contributed by atoms with E-state index in [9.17, 15) is 9.59 Å². The summed E-state index contributed by atoms with van der Waals surface area (Å²) in [5, 5.41) is 5.16. The molecule has 9 heteroatoms. The summed E-state index contributed by atoms with van der Waals surface area (Å²) in [6.45, 7) is 0. The highest BCUT2D eigenvalue weighted by Gasteiger charge is 2.18. The third-order valence-electron chi connectivity index (χ3n) is 3.92. The van der Waals surface area contributed by atoms with Crippen LogP contribution in [0.25, 0.3) is 0 Å². The van der Waals surface area contributed by atoms with E-state index in [1.54, 1.807) is 42.5 Å². The van der Waals surface area contributed by atoms with Gasteiger partial charge in [0.05, 0.1) is 21.3 Å². The number of amides is 2. The molecule has 0 aliphatic heterocycles. The highest BCUT2D eigenvalue weighted by molar-refractivity contribution is 6.05. The number of carbonyl (C=O) groups is 2. The van der Waals surface area contributed by atoms with Gasteiger partial charge in [-0.05, 0) is 12.1 Å². The maximum atomic E-state index is 12.5. The first-order valence-electron chi connectivity index (χ1n) is 8.49. The van der Waals surface area contributed by atoms with Gasteiger partial charge in [0.15, 0.2) is 17.2 Å². The predicted octanol–water partition coefficient (Wildman–Crippen LogP) is 3.21. The molecule has 29 heavy (non-hydrogen) atoms. The van der Waals surface area contributed by atoms with Crippen molar-refractivity contribution >= 4 is 23.5 Å². The molecule has 3 aromatic rings. The number of hydrogen-bond acceptors (Lipinski definition) is 7. The third kappa shape index (κ3) is 4.46. The van der Waals surface area contributed by atoms with Gasteiger partial charge in [0.2, 0.25) is 5.75 Å². The fourth-order valence-electron chi connectivity index (χ4n) is 2.54. The van der Waals surface area contributed by atoms with Crippen molar-refractivity contribution in [3.63, 3.8) is 0 Å². The van der Waals surface area contributed by atoms with Crippen LogP contribution >= 0.6 is 0 Å². The van der Waals surface area contributed by atoms with Gasteiger partial charge in [-0.15, -0.1) is 0 Å². The molecule has 0 atom stereocenters. The van der Waals surface area contributed by atoms with E-state index in [-0.39, 0.29) is 11.7 Å². The molecule has 2 N–H and O–H groups in total. The molecule has 0 aliphatic rings. The minimum absolute atomic E-state index is 0.0119. The zero-order chi connectivity index (χ0) is 20.8. The molecule has 0 aliphatic carbocycles. The van der Waals surface area contributed by atoms with E-state index in [1.165, 1.54) is 21.3 Å². The standard InChI is InChI=1S/C20H19N3O6/c1-26-15-9-13(10-16(27-2)17(15)28-3)21-19(25)14-11-29-20(22-14)23-18(24)12-7-5-4-6-8-12/h4-11H,1-3H3,(H,21,25)(H,22,23,24). The van der Waals surface area contributed by atoms with E-state index in [1.807, 2.05) is 0 Å². The Morgan fingerprint density at radius 2 is 1.55 bits per heavy atom. The molecule has 0 saturated carbocycles. The second kappa shape index (κ2) is 8.79. The smallest absolute Gasteiger partial charge is 0.302 e. The molecule has 0 unspecified atom stereocenters. The lowest BCUT2D eigenvalue weighted by atomic mass is 10.2. The Bertz CT molecular complexity index is 991. The Labute approximate surface area is 166 Å². The molecule has 0 saturated heterocycles. The second-order valence-electron chi connectivity index (χ2n) is 5.73. The number of ether oxygens (including phenoxy) is 3. The molecule has 2 aromatic carbocycles. The van der Waals surface area contributed by atoms with E-state index >= 15 is 0 Å². The Balaban J connectivity index is 1.73. The zero-order valence-electron chi connectivity index (χ0n) is 16.0. The van der Waals surface area contributed by atoms with Crippen molar-refractivity contribution in [2.24, 2.45) is 0 Å². The summed E-state index contributed by atoms with van der Waals surface area (Å²) in [5.41, 5.74) is 0.832. The van der Waals surface area contributed by atoms with Gasteiger partial charge < -0.3 is 23.9 Å². The lowest BCUT2D eigenvalue weighted by molar-refractivity contribution is 0.101. The first kappa shape index (κ1) is 19.7. The zero-order valence-corrected chi connectivity index (χ0v) is 16.0. The van der Waals surface area contributed by atoms with Crippen molar-refractivity contribution in [2.75, 3.05) is 32.0 Å². The molecule has 9 nitrogen and oxygen atoms in total. The van der Waals surface area contributed by atoms with Crippen LogP contribution in [0, 0.1) is 0 Å². The topological polar surface area (TPSA) is 112 Å². The van der Waals surface area contributed by atoms with Crippen molar-refractivity contribution in [3.8, 4) is 17.2 Å². The molecule has 1 aromatic heterocycles. The van der Waals surface area contributed by atoms with E-state index in [0.29, 0.717) is 28.5 Å². The van der Waals surface area contributed by atoms with E-state index in [4.69, 9.17) is 18.6 Å². The quantitative estimate of drug-likeness (QED) is 0.629. The maximum absolute atomic E-state index is 12.5. The summed E-state index contributed by atoms with van der Waals surface area (Å²) in [7, 11) is 4.43. The van der Waals surface area contributed by atoms with Crippen LogP contribution in [-0.4, -0.2) is 38.1 Å². The number of nitrogens with one attached hydrogen (secondary N) is 2. The fourth-order valence-corrected chi connectivity index (χ4v) is 2.54. The number of aromatic nitrogens is 1. The van der Waals surface area contributed by atoms with Crippen LogP contribution in [0.15, 0.2) is 53.1 Å². The minimum Gasteiger partial charge on any atom is -0.493 e. The Morgan fingerprint density at radius 1 is 0.897 bits per heavy atom. The summed E-state index contributed by atoms with van der Waals surface area (Å²) >= 11 is 0. The largest absolute Gasteiger partial charge is 0.493 e. The van der Waals surface area contributed by atoms with Gasteiger partial charge in [-0.25, -0.2) is 0 Å². The minimum atomic E-state index is -0.539. The third-order valence-corrected chi connectivity index (χ3v) is 3.92. The summed E-state index contributed by atoms with van der Waals surface area (Å²) in [4.78, 5) is 28.6. The molecule has 0 spiro atoms. The van der Waals surface area contributed by atoms with Crippen LogP contribution in [0.3, 0.4) is 0 Å². The molecule has 0 bridgehead atoms. The van der Waals surface area contributed by atoms with Crippen molar-refractivity contribution in [1.29, 1.82) is 0 Å². The SMILES string of the molecule is COc1cc(NC(=O)c2coc(NC(=O)c3ccccc3)n2)cc(OC)c1OC. The number of rotatable bonds is 7. The van der Waals surface area contributed by atoms with Gasteiger partial charge in [-0.2, -0.15) is 4.98 Å². The monoisotopic (exact) mass is 397 g/mol. The van der Waals surface area contributed by atoms with Crippen molar-refractivity contribution in [2.45, 2.75) is 0 Å². The number of oxazole rings is 1. The van der Waals surface area contributed by atoms with Gasteiger partial charge in [0.25, 0.3) is 11.8 Å². The summed E-state index contributed by atoms with van der Waals surface area (Å²) in [6.07, 6.45) is 1.15. The lowest BCUT2D eigenvalue weighted by Crippen LogP contribution is -2.14. The summed E-state index contributed by atoms with van der Waals surface area (Å²) in [6, 6.07) is 11.6. The Hall–Kier alpha value is -4.01. The maximum Gasteiger partial charge on any atom is 0.302 e. The first-order valence-corrected chi connectivity index (χ1v) is 8.49. The molecule has 0 fully saturated rings. The average Bonchev–Trinajstić information content (AvgIpc) is 3.22. The van der Waals surface area contributed by atoms with Crippen molar-refractivity contribution in [1.82, 2.24) is 4.98 Å². The summed E-state index contributed by atoms with van der Waals surface area (Å²) < 4.78 is 20.9. The molecule has 2 amide bonds. The normalized spacial score (nSPS) is 10.2. The number of methoxy groups -OCH3 is 3. The Morgan fingerprint density at radius 3 is 2.14 bits per heavy atom. The van der Waals surface area contributed by atoms with Gasteiger partial charge >= 0.3 is 6.01 Å². The molecule has 0 radical (unpaired) electrons. The first-order chi connectivity index (χ1) is 14.0. The number of carbonyl (C=O) groups excluding carboxylic acids is 2. The van der Waals surface area contributed by atoms with Crippen LogP contribution < -0.4 is 24.8 Å². The average molecular weight is 397 g/mol. The molecule has 150 valence electrons. The van der Waals surface area contributed by atoms with Crippen LogP contribution in [0.5, 0.6) is 17.2 Å². The van der Waals surface area contributed by atoms with Crippen molar-refractivity contribution in [3.05, 3.63) is 60.0 Å². The van der Waals surface area contributed by atoms with Gasteiger partial charge in [-0.1, -0.05) is 18.2 Å². The Kier molecular flexibility index (Phi) is 5.98. The number of nitrogens with zero attached hydrogens (tertiary/aromatic N) is 1. The molecule has 1 heterocycles. The van der Waals surface area contributed by atoms with Gasteiger partial charge in [-0.3, -0.25) is 14.9 Å². The van der Waals surface area contributed by atoms with E-state index < -0.39 is 11.8 Å². The number of benzene rings is 2. The number of anilines is 2. The van der Waals surface area contributed by atoms with E-state index in [2.05, 4.69) is 15.6 Å². The van der Waals surface area contributed by atoms with Crippen LogP contribution in [0.2, 0.25) is 0 Å². The number of hydrogen-bond donors (Lipinski definition) is 2. The van der Waals surface area contributed by atoms with Gasteiger partial charge in [0, 0.05) is 23.4 Å². The predicted molar refractivity (Wildman–Crippen MR) is 105 cm³/mol. The van der Waals surface area contributed by atoms with Crippen LogP contribution in [0.1, 0.15) is 20.8 Å². The van der Waals surface area contributed by atoms with Crippen molar-refractivity contribution < 1.29 is 28.2 Å². The van der Waals surface area contributed by atoms with Crippen LogP contribution in [-0.2, 0) is 0 Å². The molecular weight excluding hydrogens is 378 g/mol. The van der Waals surface area contributed by atoms with Crippen LogP contribution in [0.4, 0.5) is 11.7 Å². The fraction of sp³-hybridized carbons (Fsp3) is 0.150. The molecular formula is C20H19N3O6. The second-order valence-corrected chi connectivity index (χ2v) is 5.73. The molecule has 3 rings (SSSR count). The highest BCUT2D eigenvalue weighted by Crippen LogP contribution is 2.40.